The van der Waals surface area contributed by atoms with Crippen molar-refractivity contribution in [3.63, 3.8) is 0 Å². The molecule has 3 aromatic rings. The molecule has 34 heavy (non-hydrogen) atoms. The van der Waals surface area contributed by atoms with E-state index in [0.29, 0.717) is 30.1 Å². The number of rotatable bonds is 8. The number of ether oxygens (including phenoxy) is 3. The van der Waals surface area contributed by atoms with Gasteiger partial charge in [0.15, 0.2) is 17.3 Å². The summed E-state index contributed by atoms with van der Waals surface area (Å²) in [4.78, 5) is 17.0. The Morgan fingerprint density at radius 3 is 2.62 bits per heavy atom. The third-order valence-corrected chi connectivity index (χ3v) is 7.54. The van der Waals surface area contributed by atoms with Crippen molar-refractivity contribution in [2.75, 3.05) is 33.9 Å². The molecule has 0 amide bonds. The summed E-state index contributed by atoms with van der Waals surface area (Å²) in [5.41, 5.74) is 4.91. The molecular formula is C28H29NO4S. The third kappa shape index (κ3) is 4.74. The van der Waals surface area contributed by atoms with E-state index in [-0.39, 0.29) is 5.78 Å². The number of benzene rings is 2. The average molecular weight is 476 g/mol. The molecule has 1 aromatic heterocycles. The normalized spacial score (nSPS) is 16.4. The number of methoxy groups -OCH3 is 2. The predicted octanol–water partition coefficient (Wildman–Crippen LogP) is 5.41. The molecule has 0 bridgehead atoms. The molecule has 0 N–H and O–H groups in total. The maximum Gasteiger partial charge on any atom is 0.189 e. The molecule has 5 nitrogen and oxygen atoms in total. The van der Waals surface area contributed by atoms with Crippen molar-refractivity contribution in [3.8, 4) is 17.2 Å². The molecule has 0 radical (unpaired) electrons. The number of ketones is 1. The molecule has 2 aliphatic rings. The maximum atomic E-state index is 12.9. The van der Waals surface area contributed by atoms with Gasteiger partial charge in [-0.2, -0.15) is 0 Å². The molecule has 0 saturated carbocycles. The van der Waals surface area contributed by atoms with Gasteiger partial charge in [-0.05, 0) is 71.3 Å². The van der Waals surface area contributed by atoms with E-state index in [4.69, 9.17) is 14.2 Å². The van der Waals surface area contributed by atoms with Crippen LogP contribution in [0.3, 0.4) is 0 Å². The molecule has 2 heterocycles. The van der Waals surface area contributed by atoms with Crippen LogP contribution >= 0.6 is 11.3 Å². The molecule has 0 unspecified atom stereocenters. The Balaban J connectivity index is 1.14. The van der Waals surface area contributed by atoms with Gasteiger partial charge in [-0.25, -0.2) is 0 Å². The standard InChI is InChI=1S/C28H29NO4S/c1-31-25-16-21-15-22(28(30)24(21)17-26(25)32-2)14-19-4-6-23(7-5-19)33-12-3-10-29-11-8-27-20(18-29)9-13-34-27/h4-7,9,13-14,16-17H,3,8,10-12,15,18H2,1-2H3/b22-14+. The number of hydrogen-bond acceptors (Lipinski definition) is 6. The average Bonchev–Trinajstić information content (AvgIpc) is 3.45. The number of nitrogens with zero attached hydrogens (tertiary/aromatic N) is 1. The minimum absolute atomic E-state index is 0.0450. The van der Waals surface area contributed by atoms with Crippen LogP contribution in [0.5, 0.6) is 17.2 Å². The van der Waals surface area contributed by atoms with Crippen LogP contribution in [0.15, 0.2) is 53.4 Å². The van der Waals surface area contributed by atoms with Crippen LogP contribution in [-0.2, 0) is 19.4 Å². The highest BCUT2D eigenvalue weighted by molar-refractivity contribution is 7.10. The van der Waals surface area contributed by atoms with Gasteiger partial charge in [0.2, 0.25) is 0 Å². The molecule has 1 aliphatic heterocycles. The van der Waals surface area contributed by atoms with Crippen LogP contribution in [0.4, 0.5) is 0 Å². The van der Waals surface area contributed by atoms with Gasteiger partial charge in [-0.3, -0.25) is 9.69 Å². The van der Waals surface area contributed by atoms with Crippen LogP contribution in [0.1, 0.15) is 38.3 Å². The van der Waals surface area contributed by atoms with Gasteiger partial charge in [-0.1, -0.05) is 12.1 Å². The summed E-state index contributed by atoms with van der Waals surface area (Å²) in [7, 11) is 3.19. The number of carbonyl (C=O) groups is 1. The Hall–Kier alpha value is -3.09. The molecule has 0 fully saturated rings. The first-order valence-corrected chi connectivity index (χ1v) is 12.5. The molecule has 5 rings (SSSR count). The van der Waals surface area contributed by atoms with Crippen molar-refractivity contribution in [3.05, 3.63) is 80.5 Å². The Bertz CT molecular complexity index is 1210. The number of Topliss-reactive ketones (excluding diaryl/α,β-unsaturated/α-hetero) is 1. The number of thiophene rings is 1. The minimum Gasteiger partial charge on any atom is -0.494 e. The smallest absolute Gasteiger partial charge is 0.189 e. The highest BCUT2D eigenvalue weighted by Gasteiger charge is 2.27. The van der Waals surface area contributed by atoms with E-state index < -0.39 is 0 Å². The fraction of sp³-hybridized carbons (Fsp3) is 0.321. The molecule has 0 spiro atoms. The molecule has 176 valence electrons. The number of fused-ring (bicyclic) bond motifs is 2. The van der Waals surface area contributed by atoms with Crippen molar-refractivity contribution in [1.29, 1.82) is 0 Å². The van der Waals surface area contributed by atoms with Crippen LogP contribution in [0.2, 0.25) is 0 Å². The van der Waals surface area contributed by atoms with Crippen LogP contribution in [0.25, 0.3) is 6.08 Å². The maximum absolute atomic E-state index is 12.9. The van der Waals surface area contributed by atoms with Crippen LogP contribution in [-0.4, -0.2) is 44.6 Å². The van der Waals surface area contributed by atoms with Crippen molar-refractivity contribution in [2.45, 2.75) is 25.8 Å². The zero-order valence-electron chi connectivity index (χ0n) is 19.6. The first-order chi connectivity index (χ1) is 16.6. The number of allylic oxidation sites excluding steroid dienone is 1. The molecule has 1 aliphatic carbocycles. The van der Waals surface area contributed by atoms with Gasteiger partial charge in [-0.15, -0.1) is 11.3 Å². The fourth-order valence-corrected chi connectivity index (χ4v) is 5.58. The number of hydrogen-bond donors (Lipinski definition) is 0. The Kier molecular flexibility index (Phi) is 6.70. The largest absolute Gasteiger partial charge is 0.494 e. The lowest BCUT2D eigenvalue weighted by Gasteiger charge is -2.26. The first kappa shape index (κ1) is 22.7. The Morgan fingerprint density at radius 2 is 1.82 bits per heavy atom. The van der Waals surface area contributed by atoms with Gasteiger partial charge >= 0.3 is 0 Å². The summed E-state index contributed by atoms with van der Waals surface area (Å²) in [6.45, 7) is 3.95. The van der Waals surface area contributed by atoms with Crippen molar-refractivity contribution >= 4 is 23.2 Å². The minimum atomic E-state index is 0.0450. The predicted molar refractivity (Wildman–Crippen MR) is 135 cm³/mol. The lowest BCUT2D eigenvalue weighted by molar-refractivity contribution is 0.104. The highest BCUT2D eigenvalue weighted by Crippen LogP contribution is 2.37. The van der Waals surface area contributed by atoms with E-state index in [0.717, 1.165) is 48.5 Å². The highest BCUT2D eigenvalue weighted by atomic mass is 32.1. The summed E-state index contributed by atoms with van der Waals surface area (Å²) in [6.07, 6.45) is 4.72. The van der Waals surface area contributed by atoms with E-state index >= 15 is 0 Å². The van der Waals surface area contributed by atoms with E-state index in [2.05, 4.69) is 16.3 Å². The van der Waals surface area contributed by atoms with Gasteiger partial charge in [0, 0.05) is 42.1 Å². The topological polar surface area (TPSA) is 48.0 Å². The second-order valence-electron chi connectivity index (χ2n) is 8.71. The lowest BCUT2D eigenvalue weighted by atomic mass is 10.1. The molecule has 0 saturated heterocycles. The number of carbonyl (C=O) groups excluding carboxylic acids is 1. The lowest BCUT2D eigenvalue weighted by Crippen LogP contribution is -2.31. The molecule has 2 aromatic carbocycles. The second-order valence-corrected chi connectivity index (χ2v) is 9.71. The van der Waals surface area contributed by atoms with E-state index in [1.807, 2.05) is 47.7 Å². The summed E-state index contributed by atoms with van der Waals surface area (Å²) >= 11 is 1.88. The van der Waals surface area contributed by atoms with Gasteiger partial charge in [0.05, 0.1) is 20.8 Å². The SMILES string of the molecule is COc1cc2c(cc1OC)C(=O)/C(=C/c1ccc(OCCCN3CCc4sccc4C3)cc1)C2. The summed E-state index contributed by atoms with van der Waals surface area (Å²) in [6, 6.07) is 13.9. The Morgan fingerprint density at radius 1 is 1.03 bits per heavy atom. The zero-order valence-corrected chi connectivity index (χ0v) is 20.5. The third-order valence-electron chi connectivity index (χ3n) is 6.52. The van der Waals surface area contributed by atoms with Gasteiger partial charge in [0.1, 0.15) is 5.75 Å². The zero-order chi connectivity index (χ0) is 23.5. The van der Waals surface area contributed by atoms with E-state index in [9.17, 15) is 4.79 Å². The van der Waals surface area contributed by atoms with Crippen molar-refractivity contribution < 1.29 is 19.0 Å². The van der Waals surface area contributed by atoms with Gasteiger partial charge < -0.3 is 14.2 Å². The summed E-state index contributed by atoms with van der Waals surface area (Å²) < 4.78 is 16.7. The monoisotopic (exact) mass is 475 g/mol. The van der Waals surface area contributed by atoms with Crippen LogP contribution < -0.4 is 14.2 Å². The second kappa shape index (κ2) is 10.0. The Labute approximate surface area is 204 Å². The van der Waals surface area contributed by atoms with E-state index in [1.165, 1.54) is 12.0 Å². The van der Waals surface area contributed by atoms with Crippen molar-refractivity contribution in [1.82, 2.24) is 4.90 Å². The van der Waals surface area contributed by atoms with E-state index in [1.54, 1.807) is 25.2 Å². The first-order valence-electron chi connectivity index (χ1n) is 11.6. The quantitative estimate of drug-likeness (QED) is 0.322. The molecule has 0 atom stereocenters. The summed E-state index contributed by atoms with van der Waals surface area (Å²) in [5.74, 6) is 2.13. The molecule has 6 heteroatoms. The van der Waals surface area contributed by atoms with Crippen molar-refractivity contribution in [2.24, 2.45) is 0 Å². The fourth-order valence-electron chi connectivity index (χ4n) is 4.69. The summed E-state index contributed by atoms with van der Waals surface area (Å²) in [5, 5.41) is 2.20. The molecular weight excluding hydrogens is 446 g/mol. The van der Waals surface area contributed by atoms with Gasteiger partial charge in [0.25, 0.3) is 0 Å². The van der Waals surface area contributed by atoms with Crippen LogP contribution in [0, 0.1) is 0 Å².